The van der Waals surface area contributed by atoms with Gasteiger partial charge >= 0.3 is 0 Å². The summed E-state index contributed by atoms with van der Waals surface area (Å²) in [7, 11) is 0. The van der Waals surface area contributed by atoms with Crippen molar-refractivity contribution in [2.24, 2.45) is 0 Å². The number of thiophene rings is 2. The largest absolute Gasteiger partial charge is 0.376 e. The number of nitrogens with zero attached hydrogens (tertiary/aromatic N) is 5. The van der Waals surface area contributed by atoms with Crippen LogP contribution in [0.1, 0.15) is 12.8 Å². The van der Waals surface area contributed by atoms with Crippen LogP contribution in [0.3, 0.4) is 0 Å². The highest BCUT2D eigenvalue weighted by Gasteiger charge is 2.23. The predicted molar refractivity (Wildman–Crippen MR) is 129 cm³/mol. The lowest BCUT2D eigenvalue weighted by atomic mass is 10.2. The van der Waals surface area contributed by atoms with Crippen LogP contribution in [0.25, 0.3) is 31.4 Å². The zero-order valence-corrected chi connectivity index (χ0v) is 19.5. The Morgan fingerprint density at radius 1 is 1.06 bits per heavy atom. The molecule has 0 aliphatic carbocycles. The molecule has 6 nitrogen and oxygen atoms in total. The minimum atomic E-state index is 0.195. The number of aromatic nitrogens is 5. The maximum Gasteiger partial charge on any atom is 0.197 e. The molecule has 6 rings (SSSR count). The number of hydrogen-bond donors (Lipinski definition) is 0. The average molecular weight is 478 g/mol. The predicted octanol–water partition coefficient (Wildman–Crippen LogP) is 6.01. The smallest absolute Gasteiger partial charge is 0.197 e. The normalized spacial score (nSPS) is 16.2. The van der Waals surface area contributed by atoms with Crippen molar-refractivity contribution in [3.8, 4) is 21.1 Å². The van der Waals surface area contributed by atoms with E-state index in [0.29, 0.717) is 0 Å². The van der Waals surface area contributed by atoms with Crippen molar-refractivity contribution in [3.05, 3.63) is 60.2 Å². The Morgan fingerprint density at radius 2 is 2.00 bits per heavy atom. The number of ether oxygens (including phenoxy) is 1. The summed E-state index contributed by atoms with van der Waals surface area (Å²) in [6.45, 7) is 1.57. The Hall–Kier alpha value is -2.59. The molecule has 1 aromatic carbocycles. The Kier molecular flexibility index (Phi) is 5.48. The molecule has 4 aromatic heterocycles. The summed E-state index contributed by atoms with van der Waals surface area (Å²) in [4.78, 5) is 12.4. The molecular formula is C23H19N5OS3. The third kappa shape index (κ3) is 3.86. The van der Waals surface area contributed by atoms with Gasteiger partial charge in [-0.2, -0.15) is 0 Å². The summed E-state index contributed by atoms with van der Waals surface area (Å²) in [5.41, 5.74) is 1.19. The minimum Gasteiger partial charge on any atom is -0.376 e. The highest BCUT2D eigenvalue weighted by molar-refractivity contribution is 7.99. The molecule has 1 aliphatic heterocycles. The highest BCUT2D eigenvalue weighted by Crippen LogP contribution is 2.39. The fourth-order valence-corrected chi connectivity index (χ4v) is 6.53. The molecule has 160 valence electrons. The van der Waals surface area contributed by atoms with Gasteiger partial charge in [0.1, 0.15) is 16.2 Å². The fourth-order valence-electron chi connectivity index (χ4n) is 3.86. The van der Waals surface area contributed by atoms with Gasteiger partial charge < -0.3 is 4.74 Å². The van der Waals surface area contributed by atoms with Crippen LogP contribution >= 0.6 is 34.4 Å². The SMILES string of the molecule is c1ccc(-c2cc3c(Sc4nnc(-c5cccs5)n4CC4CCCO4)ncnc3s2)cc1. The van der Waals surface area contributed by atoms with Crippen LogP contribution in [0, 0.1) is 0 Å². The van der Waals surface area contributed by atoms with Gasteiger partial charge in [-0.3, -0.25) is 4.57 Å². The summed E-state index contributed by atoms with van der Waals surface area (Å²) in [6, 6.07) is 16.7. The molecule has 0 radical (unpaired) electrons. The lowest BCUT2D eigenvalue weighted by Crippen LogP contribution is -2.16. The number of benzene rings is 1. The Balaban J connectivity index is 1.38. The standard InChI is InChI=1S/C23H19N5OS3/c1-2-6-15(7-3-1)19-12-17-21(31-19)24-14-25-22(17)32-23-27-26-20(18-9-5-11-30-18)28(23)13-16-8-4-10-29-16/h1-3,5-7,9,11-12,14,16H,4,8,10,13H2. The Bertz CT molecular complexity index is 1340. The molecule has 0 saturated carbocycles. The second-order valence-electron chi connectivity index (χ2n) is 7.51. The molecule has 0 bridgehead atoms. The van der Waals surface area contributed by atoms with E-state index in [-0.39, 0.29) is 6.10 Å². The number of rotatable bonds is 6. The summed E-state index contributed by atoms with van der Waals surface area (Å²) in [5.74, 6) is 0.888. The summed E-state index contributed by atoms with van der Waals surface area (Å²) in [6.07, 6.45) is 4.00. The minimum absolute atomic E-state index is 0.195. The van der Waals surface area contributed by atoms with Gasteiger partial charge in [-0.25, -0.2) is 9.97 Å². The first kappa shape index (κ1) is 20.0. The molecule has 1 aliphatic rings. The van der Waals surface area contributed by atoms with Gasteiger partial charge in [0.25, 0.3) is 0 Å². The third-order valence-electron chi connectivity index (χ3n) is 5.41. The van der Waals surface area contributed by atoms with E-state index in [1.807, 2.05) is 12.1 Å². The third-order valence-corrected chi connectivity index (χ3v) is 8.37. The second kappa shape index (κ2) is 8.74. The molecule has 0 spiro atoms. The van der Waals surface area contributed by atoms with Crippen molar-refractivity contribution in [2.45, 2.75) is 35.7 Å². The van der Waals surface area contributed by atoms with Crippen LogP contribution < -0.4 is 0 Å². The average Bonchev–Trinajstić information content (AvgIpc) is 3.63. The van der Waals surface area contributed by atoms with Crippen LogP contribution in [0.15, 0.2) is 70.4 Å². The van der Waals surface area contributed by atoms with E-state index in [1.165, 1.54) is 10.4 Å². The van der Waals surface area contributed by atoms with Crippen molar-refractivity contribution in [1.82, 2.24) is 24.7 Å². The molecule has 9 heteroatoms. The molecule has 1 atom stereocenters. The molecule has 0 N–H and O–H groups in total. The molecule has 1 saturated heterocycles. The van der Waals surface area contributed by atoms with Crippen molar-refractivity contribution >= 4 is 44.7 Å². The van der Waals surface area contributed by atoms with E-state index in [1.54, 1.807) is 40.8 Å². The van der Waals surface area contributed by atoms with Gasteiger partial charge in [-0.05, 0) is 47.7 Å². The van der Waals surface area contributed by atoms with Crippen LogP contribution in [0.4, 0.5) is 0 Å². The molecule has 0 amide bonds. The first-order valence-electron chi connectivity index (χ1n) is 10.4. The van der Waals surface area contributed by atoms with Gasteiger partial charge in [0.2, 0.25) is 0 Å². The molecular weight excluding hydrogens is 458 g/mol. The van der Waals surface area contributed by atoms with Gasteiger partial charge in [0.15, 0.2) is 11.0 Å². The fraction of sp³-hybridized carbons (Fsp3) is 0.217. The molecule has 5 heterocycles. The monoisotopic (exact) mass is 477 g/mol. The molecule has 1 fully saturated rings. The van der Waals surface area contributed by atoms with Gasteiger partial charge in [-0.15, -0.1) is 32.9 Å². The lowest BCUT2D eigenvalue weighted by Gasteiger charge is -2.14. The first-order valence-corrected chi connectivity index (χ1v) is 12.9. The van der Waals surface area contributed by atoms with E-state index in [9.17, 15) is 0 Å². The zero-order valence-electron chi connectivity index (χ0n) is 17.0. The van der Waals surface area contributed by atoms with E-state index >= 15 is 0 Å². The van der Waals surface area contributed by atoms with Gasteiger partial charge in [0.05, 0.1) is 17.5 Å². The zero-order chi connectivity index (χ0) is 21.3. The summed E-state index contributed by atoms with van der Waals surface area (Å²) >= 11 is 4.90. The van der Waals surface area contributed by atoms with Crippen molar-refractivity contribution < 1.29 is 4.74 Å². The van der Waals surface area contributed by atoms with Crippen molar-refractivity contribution in [3.63, 3.8) is 0 Å². The highest BCUT2D eigenvalue weighted by atomic mass is 32.2. The number of hydrogen-bond acceptors (Lipinski definition) is 8. The van der Waals surface area contributed by atoms with E-state index in [0.717, 1.165) is 57.1 Å². The van der Waals surface area contributed by atoms with E-state index in [4.69, 9.17) is 4.74 Å². The Morgan fingerprint density at radius 3 is 2.81 bits per heavy atom. The Labute approximate surface area is 197 Å². The molecule has 32 heavy (non-hydrogen) atoms. The van der Waals surface area contributed by atoms with E-state index in [2.05, 4.69) is 66.5 Å². The van der Waals surface area contributed by atoms with Crippen LogP contribution in [0.5, 0.6) is 0 Å². The summed E-state index contributed by atoms with van der Waals surface area (Å²) in [5, 5.41) is 13.9. The van der Waals surface area contributed by atoms with Crippen molar-refractivity contribution in [1.29, 1.82) is 0 Å². The quantitative estimate of drug-likeness (QED) is 0.279. The van der Waals surface area contributed by atoms with Crippen LogP contribution in [-0.2, 0) is 11.3 Å². The van der Waals surface area contributed by atoms with E-state index < -0.39 is 0 Å². The summed E-state index contributed by atoms with van der Waals surface area (Å²) < 4.78 is 8.11. The number of fused-ring (bicyclic) bond motifs is 1. The van der Waals surface area contributed by atoms with Gasteiger partial charge in [0, 0.05) is 16.9 Å². The lowest BCUT2D eigenvalue weighted by molar-refractivity contribution is 0.0953. The maximum absolute atomic E-state index is 5.92. The molecule has 1 unspecified atom stereocenters. The first-order chi connectivity index (χ1) is 15.8. The van der Waals surface area contributed by atoms with Crippen molar-refractivity contribution in [2.75, 3.05) is 6.61 Å². The van der Waals surface area contributed by atoms with Crippen LogP contribution in [0.2, 0.25) is 0 Å². The molecule has 5 aromatic rings. The van der Waals surface area contributed by atoms with Gasteiger partial charge in [-0.1, -0.05) is 36.4 Å². The second-order valence-corrected chi connectivity index (χ2v) is 10.4. The topological polar surface area (TPSA) is 65.7 Å². The van der Waals surface area contributed by atoms with Crippen LogP contribution in [-0.4, -0.2) is 37.4 Å². The maximum atomic E-state index is 5.92.